The molecule has 0 aliphatic carbocycles. The maximum atomic E-state index is 13.6. The molecule has 2 aromatic heterocycles. The van der Waals surface area contributed by atoms with Gasteiger partial charge in [0.25, 0.3) is 0 Å². The normalized spacial score (nSPS) is 11.0. The molecule has 2 heterocycles. The summed E-state index contributed by atoms with van der Waals surface area (Å²) in [6.45, 7) is 2.37. The number of rotatable bonds is 4. The number of aromatic nitrogens is 2. The quantitative estimate of drug-likeness (QED) is 0.592. The van der Waals surface area contributed by atoms with Gasteiger partial charge in [0.05, 0.1) is 22.9 Å². The van der Waals surface area contributed by atoms with E-state index in [1.165, 1.54) is 6.07 Å². The lowest BCUT2D eigenvalue weighted by Crippen LogP contribution is -2.04. The number of thiazole rings is 1. The zero-order valence-electron chi connectivity index (χ0n) is 11.0. The van der Waals surface area contributed by atoms with Crippen LogP contribution in [0.1, 0.15) is 11.4 Å². The van der Waals surface area contributed by atoms with E-state index in [1.54, 1.807) is 11.3 Å². The van der Waals surface area contributed by atoms with E-state index in [0.717, 1.165) is 28.5 Å². The molecule has 0 saturated heterocycles. The monoisotopic (exact) mass is 306 g/mol. The van der Waals surface area contributed by atoms with E-state index in [4.69, 9.17) is 0 Å². The van der Waals surface area contributed by atoms with Crippen LogP contribution in [0.15, 0.2) is 29.8 Å². The van der Waals surface area contributed by atoms with Gasteiger partial charge in [0, 0.05) is 29.4 Å². The zero-order chi connectivity index (χ0) is 15.0. The van der Waals surface area contributed by atoms with E-state index in [9.17, 15) is 14.5 Å². The summed E-state index contributed by atoms with van der Waals surface area (Å²) in [5.41, 5.74) is 1.84. The summed E-state index contributed by atoms with van der Waals surface area (Å²) in [6.07, 6.45) is 1.92. The molecule has 1 N–H and O–H groups in total. The number of benzene rings is 1. The van der Waals surface area contributed by atoms with Crippen molar-refractivity contribution < 1.29 is 9.31 Å². The molecular formula is C13H11FN4O2S. The second kappa shape index (κ2) is 5.13. The largest absolute Gasteiger partial charge is 0.379 e. The molecule has 0 unspecified atom stereocenters. The first-order valence-electron chi connectivity index (χ1n) is 6.15. The molecule has 6 nitrogen and oxygen atoms in total. The third kappa shape index (κ3) is 2.45. The molecule has 21 heavy (non-hydrogen) atoms. The fourth-order valence-electron chi connectivity index (χ4n) is 2.10. The van der Waals surface area contributed by atoms with Crippen LogP contribution in [-0.4, -0.2) is 14.3 Å². The summed E-state index contributed by atoms with van der Waals surface area (Å²) in [7, 11) is 0. The topological polar surface area (TPSA) is 72.5 Å². The molecule has 0 aliphatic rings. The van der Waals surface area contributed by atoms with Gasteiger partial charge in [-0.25, -0.2) is 4.98 Å². The first-order valence-corrected chi connectivity index (χ1v) is 7.03. The number of fused-ring (bicyclic) bond motifs is 1. The highest BCUT2D eigenvalue weighted by atomic mass is 32.1. The van der Waals surface area contributed by atoms with Crippen molar-refractivity contribution in [2.45, 2.75) is 13.5 Å². The molecule has 0 atom stereocenters. The Kier molecular flexibility index (Phi) is 3.30. The van der Waals surface area contributed by atoms with Crippen molar-refractivity contribution >= 4 is 27.7 Å². The van der Waals surface area contributed by atoms with Crippen LogP contribution in [0.25, 0.3) is 4.96 Å². The summed E-state index contributed by atoms with van der Waals surface area (Å²) in [6, 6.07) is 3.77. The highest BCUT2D eigenvalue weighted by Crippen LogP contribution is 2.22. The summed E-state index contributed by atoms with van der Waals surface area (Å²) in [5.74, 6) is -0.851. The fourth-order valence-corrected chi connectivity index (χ4v) is 2.88. The predicted molar refractivity (Wildman–Crippen MR) is 78.2 cm³/mol. The van der Waals surface area contributed by atoms with Gasteiger partial charge in [0.2, 0.25) is 5.82 Å². The molecule has 1 aromatic carbocycles. The second-order valence-corrected chi connectivity index (χ2v) is 5.35. The van der Waals surface area contributed by atoms with E-state index in [2.05, 4.69) is 10.3 Å². The van der Waals surface area contributed by atoms with Gasteiger partial charge in [0.1, 0.15) is 0 Å². The van der Waals surface area contributed by atoms with E-state index < -0.39 is 16.4 Å². The van der Waals surface area contributed by atoms with Crippen LogP contribution >= 0.6 is 11.3 Å². The Morgan fingerprint density at radius 1 is 1.52 bits per heavy atom. The molecule has 0 amide bonds. The number of halogens is 1. The third-order valence-corrected chi connectivity index (χ3v) is 3.92. The van der Waals surface area contributed by atoms with Gasteiger partial charge in [-0.2, -0.15) is 4.39 Å². The molecule has 108 valence electrons. The minimum absolute atomic E-state index is 0.459. The van der Waals surface area contributed by atoms with Gasteiger partial charge in [-0.3, -0.25) is 14.5 Å². The number of hydrogen-bond donors (Lipinski definition) is 1. The molecule has 8 heteroatoms. The number of imidazole rings is 1. The summed E-state index contributed by atoms with van der Waals surface area (Å²) in [4.78, 5) is 15.2. The molecule has 0 fully saturated rings. The smallest absolute Gasteiger partial charge is 0.304 e. The van der Waals surface area contributed by atoms with Gasteiger partial charge in [-0.05, 0) is 13.0 Å². The van der Waals surface area contributed by atoms with E-state index in [-0.39, 0.29) is 0 Å². The van der Waals surface area contributed by atoms with Gasteiger partial charge in [0.15, 0.2) is 4.96 Å². The Morgan fingerprint density at radius 2 is 2.33 bits per heavy atom. The fraction of sp³-hybridized carbons (Fsp3) is 0.154. The molecule has 0 saturated carbocycles. The number of nitrogens with zero attached hydrogens (tertiary/aromatic N) is 3. The number of anilines is 1. The lowest BCUT2D eigenvalue weighted by atomic mass is 10.2. The van der Waals surface area contributed by atoms with Gasteiger partial charge < -0.3 is 5.32 Å². The van der Waals surface area contributed by atoms with Crippen LogP contribution in [0.3, 0.4) is 0 Å². The van der Waals surface area contributed by atoms with Crippen molar-refractivity contribution in [3.63, 3.8) is 0 Å². The number of hydrogen-bond acceptors (Lipinski definition) is 5. The van der Waals surface area contributed by atoms with Crippen molar-refractivity contribution in [3.8, 4) is 0 Å². The number of nitro groups is 1. The van der Waals surface area contributed by atoms with Crippen molar-refractivity contribution in [2.75, 3.05) is 5.32 Å². The Labute approximate surface area is 123 Å². The lowest BCUT2D eigenvalue weighted by molar-refractivity contribution is -0.387. The number of aryl methyl sites for hydroxylation is 1. The van der Waals surface area contributed by atoms with Crippen molar-refractivity contribution in [1.29, 1.82) is 0 Å². The van der Waals surface area contributed by atoms with Crippen molar-refractivity contribution in [2.24, 2.45) is 0 Å². The van der Waals surface area contributed by atoms with Gasteiger partial charge >= 0.3 is 5.69 Å². The predicted octanol–water partition coefficient (Wildman–Crippen LogP) is 3.36. The molecule has 0 bridgehead atoms. The first-order chi connectivity index (χ1) is 10.1. The SMILES string of the molecule is Cc1nc2sccn2c1CNc1ccc([N+](=O)[O-])c(F)c1. The number of nitro benzene ring substituents is 1. The molecule has 0 spiro atoms. The lowest BCUT2D eigenvalue weighted by Gasteiger charge is -2.07. The Balaban J connectivity index is 1.81. The van der Waals surface area contributed by atoms with Gasteiger partial charge in [-0.1, -0.05) is 0 Å². The van der Waals surface area contributed by atoms with E-state index in [1.807, 2.05) is 22.9 Å². The Morgan fingerprint density at radius 3 is 3.05 bits per heavy atom. The van der Waals surface area contributed by atoms with Crippen LogP contribution in [0.4, 0.5) is 15.8 Å². The van der Waals surface area contributed by atoms with E-state index in [0.29, 0.717) is 12.2 Å². The summed E-state index contributed by atoms with van der Waals surface area (Å²) in [5, 5.41) is 15.6. The highest BCUT2D eigenvalue weighted by molar-refractivity contribution is 7.15. The molecule has 3 aromatic rings. The standard InChI is InChI=1S/C13H11FN4O2S/c1-8-12(17-4-5-21-13(17)16-8)7-15-9-2-3-11(18(19)20)10(14)6-9/h2-6,15H,7H2,1H3. The zero-order valence-corrected chi connectivity index (χ0v) is 11.9. The van der Waals surface area contributed by atoms with Gasteiger partial charge in [-0.15, -0.1) is 11.3 Å². The van der Waals surface area contributed by atoms with Crippen molar-refractivity contribution in [1.82, 2.24) is 9.38 Å². The van der Waals surface area contributed by atoms with Crippen molar-refractivity contribution in [3.05, 3.63) is 57.1 Å². The minimum Gasteiger partial charge on any atom is -0.379 e. The maximum absolute atomic E-state index is 13.6. The van der Waals surface area contributed by atoms with Crippen LogP contribution in [0.2, 0.25) is 0 Å². The average Bonchev–Trinajstić information content (AvgIpc) is 2.97. The van der Waals surface area contributed by atoms with Crippen LogP contribution in [-0.2, 0) is 6.54 Å². The Hall–Kier alpha value is -2.48. The molecular weight excluding hydrogens is 295 g/mol. The highest BCUT2D eigenvalue weighted by Gasteiger charge is 2.14. The molecule has 0 aliphatic heterocycles. The van der Waals surface area contributed by atoms with Crippen LogP contribution in [0.5, 0.6) is 0 Å². The summed E-state index contributed by atoms with van der Waals surface area (Å²) >= 11 is 1.54. The van der Waals surface area contributed by atoms with Crippen LogP contribution < -0.4 is 5.32 Å². The molecule has 0 radical (unpaired) electrons. The second-order valence-electron chi connectivity index (χ2n) is 4.48. The first kappa shape index (κ1) is 13.5. The van der Waals surface area contributed by atoms with Crippen LogP contribution in [0, 0.1) is 22.9 Å². The Bertz CT molecular complexity index is 827. The molecule has 3 rings (SSSR count). The average molecular weight is 306 g/mol. The minimum atomic E-state index is -0.851. The maximum Gasteiger partial charge on any atom is 0.304 e. The van der Waals surface area contributed by atoms with E-state index >= 15 is 0 Å². The summed E-state index contributed by atoms with van der Waals surface area (Å²) < 4.78 is 15.5. The third-order valence-electron chi connectivity index (χ3n) is 3.17. The number of nitrogens with one attached hydrogen (secondary N) is 1.